The summed E-state index contributed by atoms with van der Waals surface area (Å²) in [6.45, 7) is 2.42. The average Bonchev–Trinajstić information content (AvgIpc) is 3.80. The number of nitrogens with zero attached hydrogens (tertiary/aromatic N) is 6. The lowest BCUT2D eigenvalue weighted by Gasteiger charge is -2.18. The molecule has 1 unspecified atom stereocenters. The minimum Gasteiger partial charge on any atom is -0.335 e. The van der Waals surface area contributed by atoms with Crippen LogP contribution in [-0.4, -0.2) is 67.2 Å². The summed E-state index contributed by atoms with van der Waals surface area (Å²) in [7, 11) is 3.88. The van der Waals surface area contributed by atoms with E-state index in [1.807, 2.05) is 43.5 Å². The topological polar surface area (TPSA) is 137 Å². The van der Waals surface area contributed by atoms with Gasteiger partial charge in [-0.15, -0.1) is 0 Å². The lowest BCUT2D eigenvalue weighted by Crippen LogP contribution is -2.26. The Morgan fingerprint density at radius 1 is 0.978 bits per heavy atom. The van der Waals surface area contributed by atoms with E-state index in [4.69, 9.17) is 15.7 Å². The summed E-state index contributed by atoms with van der Waals surface area (Å²) in [4.78, 5) is 23.9. The van der Waals surface area contributed by atoms with Crippen LogP contribution in [0.25, 0.3) is 55.8 Å². The Morgan fingerprint density at radius 2 is 1.82 bits per heavy atom. The van der Waals surface area contributed by atoms with E-state index in [1.165, 1.54) is 37.8 Å². The van der Waals surface area contributed by atoms with Crippen molar-refractivity contribution in [1.29, 1.82) is 0 Å². The molecule has 1 fully saturated rings. The van der Waals surface area contributed by atoms with E-state index in [2.05, 4.69) is 36.5 Å². The first kappa shape index (κ1) is 29.1. The molecule has 7 rings (SSSR count). The maximum absolute atomic E-state index is 14.8. The number of nitrogens with one attached hydrogen (secondary N) is 3. The molecule has 0 spiro atoms. The molecule has 10 nitrogen and oxygen atoms in total. The summed E-state index contributed by atoms with van der Waals surface area (Å²) in [6.07, 6.45) is 14.3. The molecule has 0 radical (unpaired) electrons. The van der Waals surface area contributed by atoms with Crippen molar-refractivity contribution in [2.24, 2.45) is 11.7 Å². The molecule has 0 saturated heterocycles. The molecule has 0 bridgehead atoms. The number of halogens is 1. The third kappa shape index (κ3) is 6.19. The Kier molecular flexibility index (Phi) is 8.05. The number of pyridine rings is 3. The number of rotatable bonds is 10. The molecule has 1 aliphatic carbocycles. The molecule has 230 valence electrons. The van der Waals surface area contributed by atoms with Gasteiger partial charge in [0.05, 0.1) is 34.6 Å². The quantitative estimate of drug-likeness (QED) is 0.158. The van der Waals surface area contributed by atoms with Gasteiger partial charge in [0.1, 0.15) is 11.5 Å². The predicted molar refractivity (Wildman–Crippen MR) is 175 cm³/mol. The first-order chi connectivity index (χ1) is 21.9. The Bertz CT molecular complexity index is 1960. The smallest absolute Gasteiger partial charge is 0.159 e. The molecule has 1 atom stereocenters. The zero-order valence-electron chi connectivity index (χ0n) is 25.5. The minimum atomic E-state index is -0.356. The number of likely N-dealkylation sites (N-methyl/N-ethyl adjacent to an activating group) is 1. The molecule has 1 saturated carbocycles. The molecule has 1 aliphatic rings. The number of aromatic amines is 2. The van der Waals surface area contributed by atoms with Gasteiger partial charge in [-0.3, -0.25) is 20.1 Å². The summed E-state index contributed by atoms with van der Waals surface area (Å²) in [5, 5.41) is 12.2. The third-order valence-corrected chi connectivity index (χ3v) is 8.61. The first-order valence-corrected chi connectivity index (χ1v) is 15.5. The molecule has 1 aromatic carbocycles. The average molecular weight is 605 g/mol. The van der Waals surface area contributed by atoms with Crippen LogP contribution in [0.3, 0.4) is 0 Å². The van der Waals surface area contributed by atoms with E-state index in [9.17, 15) is 4.39 Å². The highest BCUT2D eigenvalue weighted by Gasteiger charge is 2.19. The number of benzene rings is 1. The molecular formula is C34H37FN10. The van der Waals surface area contributed by atoms with E-state index in [-0.39, 0.29) is 11.9 Å². The summed E-state index contributed by atoms with van der Waals surface area (Å²) in [5.74, 6) is 1.00. The molecule has 0 aliphatic heterocycles. The van der Waals surface area contributed by atoms with Crippen molar-refractivity contribution in [2.75, 3.05) is 27.2 Å². The highest BCUT2D eigenvalue weighted by atomic mass is 19.1. The molecular weight excluding hydrogens is 567 g/mol. The Morgan fingerprint density at radius 3 is 2.67 bits per heavy atom. The number of hydrogen-bond donors (Lipinski definition) is 4. The van der Waals surface area contributed by atoms with Crippen molar-refractivity contribution in [3.8, 4) is 33.9 Å². The van der Waals surface area contributed by atoms with Crippen LogP contribution >= 0.6 is 0 Å². The number of fused-ring (bicyclic) bond motifs is 2. The number of aromatic nitrogens is 7. The first-order valence-electron chi connectivity index (χ1n) is 15.5. The second-order valence-electron chi connectivity index (χ2n) is 12.4. The largest absolute Gasteiger partial charge is 0.335 e. The van der Waals surface area contributed by atoms with E-state index < -0.39 is 0 Å². The second kappa shape index (κ2) is 12.4. The molecule has 5 N–H and O–H groups in total. The van der Waals surface area contributed by atoms with Gasteiger partial charge in [0.2, 0.25) is 0 Å². The monoisotopic (exact) mass is 604 g/mol. The SMILES string of the molecule is CN(C)CC(N)c1cc(F)cc(-c2cncc3[nH]c(-c4n[nH]c5cnc(-c6cncc(CNCC7CCCC7)c6)cc45)nc23)c1. The van der Waals surface area contributed by atoms with E-state index in [0.717, 1.165) is 52.2 Å². The van der Waals surface area contributed by atoms with Gasteiger partial charge in [-0.1, -0.05) is 12.8 Å². The number of H-pyrrole nitrogens is 2. The van der Waals surface area contributed by atoms with Crippen LogP contribution in [0.5, 0.6) is 0 Å². The molecule has 11 heteroatoms. The number of hydrogen-bond acceptors (Lipinski definition) is 8. The van der Waals surface area contributed by atoms with Gasteiger partial charge in [-0.25, -0.2) is 9.37 Å². The van der Waals surface area contributed by atoms with E-state index >= 15 is 0 Å². The van der Waals surface area contributed by atoms with Gasteiger partial charge in [-0.2, -0.15) is 5.10 Å². The van der Waals surface area contributed by atoms with Crippen molar-refractivity contribution in [3.05, 3.63) is 78.3 Å². The van der Waals surface area contributed by atoms with Crippen LogP contribution in [0.1, 0.15) is 42.9 Å². The number of nitrogens with two attached hydrogens (primary N) is 1. The zero-order valence-corrected chi connectivity index (χ0v) is 25.5. The molecule has 5 aromatic heterocycles. The zero-order chi connectivity index (χ0) is 30.9. The summed E-state index contributed by atoms with van der Waals surface area (Å²) in [6, 6.07) is 8.71. The normalized spacial score (nSPS) is 14.7. The fraction of sp³-hybridized carbons (Fsp3) is 0.324. The van der Waals surface area contributed by atoms with E-state index in [1.54, 1.807) is 18.6 Å². The fourth-order valence-electron chi connectivity index (χ4n) is 6.35. The molecule has 0 amide bonds. The van der Waals surface area contributed by atoms with Gasteiger partial charge in [0, 0.05) is 54.2 Å². The predicted octanol–water partition coefficient (Wildman–Crippen LogP) is 5.61. The fourth-order valence-corrected chi connectivity index (χ4v) is 6.35. The Balaban J connectivity index is 1.19. The summed E-state index contributed by atoms with van der Waals surface area (Å²) >= 11 is 0. The van der Waals surface area contributed by atoms with Gasteiger partial charge < -0.3 is 20.9 Å². The van der Waals surface area contributed by atoms with Crippen molar-refractivity contribution in [1.82, 2.24) is 45.3 Å². The second-order valence-corrected chi connectivity index (χ2v) is 12.4. The van der Waals surface area contributed by atoms with Crippen molar-refractivity contribution in [2.45, 2.75) is 38.3 Å². The maximum Gasteiger partial charge on any atom is 0.159 e. The standard InChI is InChI=1S/C34H37FN10/c1-45(2)19-28(36)23-8-22(9-25(35)10-23)27-16-39-17-31-32(27)42-34(41-31)33-26-11-29(40-18-30(26)43-44-33)24-7-21(14-38-15-24)13-37-12-20-5-3-4-6-20/h7-11,14-18,20,28,37H,3-6,12-13,19,36H2,1-2H3,(H,41,42)(H,43,44). The van der Waals surface area contributed by atoms with Crippen LogP contribution in [0, 0.1) is 11.7 Å². The summed E-state index contributed by atoms with van der Waals surface area (Å²) in [5.41, 5.74) is 14.2. The van der Waals surface area contributed by atoms with Crippen molar-refractivity contribution >= 4 is 21.9 Å². The van der Waals surface area contributed by atoms with Gasteiger partial charge >= 0.3 is 0 Å². The molecule has 5 heterocycles. The molecule has 6 aromatic rings. The third-order valence-electron chi connectivity index (χ3n) is 8.61. The number of imidazole rings is 1. The van der Waals surface area contributed by atoms with Crippen LogP contribution < -0.4 is 11.1 Å². The van der Waals surface area contributed by atoms with Crippen molar-refractivity contribution < 1.29 is 4.39 Å². The van der Waals surface area contributed by atoms with E-state index in [0.29, 0.717) is 40.3 Å². The Hall–Kier alpha value is -4.58. The summed E-state index contributed by atoms with van der Waals surface area (Å²) < 4.78 is 14.8. The highest BCUT2D eigenvalue weighted by Crippen LogP contribution is 2.33. The van der Waals surface area contributed by atoms with Gasteiger partial charge in [0.25, 0.3) is 0 Å². The van der Waals surface area contributed by atoms with Crippen LogP contribution in [0.2, 0.25) is 0 Å². The van der Waals surface area contributed by atoms with Crippen LogP contribution in [-0.2, 0) is 6.54 Å². The van der Waals surface area contributed by atoms with Gasteiger partial charge in [-0.05, 0) is 86.4 Å². The minimum absolute atomic E-state index is 0.335. The lowest BCUT2D eigenvalue weighted by atomic mass is 9.99. The van der Waals surface area contributed by atoms with Crippen LogP contribution in [0.4, 0.5) is 4.39 Å². The highest BCUT2D eigenvalue weighted by molar-refractivity contribution is 5.97. The van der Waals surface area contributed by atoms with Gasteiger partial charge in [0.15, 0.2) is 5.82 Å². The molecule has 45 heavy (non-hydrogen) atoms. The Labute approximate surface area is 260 Å². The van der Waals surface area contributed by atoms with Crippen LogP contribution in [0.15, 0.2) is 61.3 Å². The maximum atomic E-state index is 14.8. The lowest BCUT2D eigenvalue weighted by molar-refractivity contribution is 0.376. The van der Waals surface area contributed by atoms with Crippen molar-refractivity contribution in [3.63, 3.8) is 0 Å².